The zero-order valence-corrected chi connectivity index (χ0v) is 7.72. The number of nitrogen functional groups attached to an aromatic ring is 1. The number of anilines is 1. The van der Waals surface area contributed by atoms with Gasteiger partial charge in [0.15, 0.2) is 0 Å². The van der Waals surface area contributed by atoms with Crippen molar-refractivity contribution in [1.82, 2.24) is 4.98 Å². The number of halogens is 3. The first-order valence-electron chi connectivity index (χ1n) is 3.63. The molecular weight excluding hydrogens is 212 g/mol. The van der Waals surface area contributed by atoms with Crippen LogP contribution in [0.4, 0.5) is 14.5 Å². The molecule has 14 heavy (non-hydrogen) atoms. The minimum atomic E-state index is -2.82. The lowest BCUT2D eigenvalue weighted by Crippen LogP contribution is -2.03. The van der Waals surface area contributed by atoms with Crippen molar-refractivity contribution in [3.63, 3.8) is 0 Å². The summed E-state index contributed by atoms with van der Waals surface area (Å²) in [4.78, 5) is 3.54. The molecule has 0 aliphatic heterocycles. The predicted octanol–water partition coefficient (Wildman–Crippen LogP) is 2.21. The third-order valence-electron chi connectivity index (χ3n) is 1.59. The van der Waals surface area contributed by atoms with Gasteiger partial charge in [-0.1, -0.05) is 0 Å². The highest BCUT2D eigenvalue weighted by atomic mass is 35.5. The highest BCUT2D eigenvalue weighted by molar-refractivity contribution is 6.16. The van der Waals surface area contributed by atoms with E-state index in [1.165, 1.54) is 6.07 Å². The van der Waals surface area contributed by atoms with Crippen LogP contribution in [0.5, 0.6) is 0 Å². The van der Waals surface area contributed by atoms with Gasteiger partial charge >= 0.3 is 0 Å². The molecule has 6 heteroatoms. The second kappa shape index (κ2) is 4.20. The molecule has 0 spiro atoms. The molecule has 0 unspecified atom stereocenters. The van der Waals surface area contributed by atoms with Crippen LogP contribution in [0.1, 0.15) is 23.4 Å². The lowest BCUT2D eigenvalue weighted by molar-refractivity contribution is 0.145. The third-order valence-corrected chi connectivity index (χ3v) is 1.86. The Labute approximate surface area is 84.1 Å². The summed E-state index contributed by atoms with van der Waals surface area (Å²) in [5.74, 6) is -0.0182. The fraction of sp³-hybridized carbons (Fsp3) is 0.250. The number of alkyl halides is 3. The van der Waals surface area contributed by atoms with Crippen molar-refractivity contribution in [3.8, 4) is 6.07 Å². The molecule has 1 aromatic heterocycles. The summed E-state index contributed by atoms with van der Waals surface area (Å²) < 4.78 is 24.8. The summed E-state index contributed by atoms with van der Waals surface area (Å²) in [6, 6.07) is 2.90. The number of nitrogens with two attached hydrogens (primary N) is 1. The van der Waals surface area contributed by atoms with Gasteiger partial charge in [-0.3, -0.25) is 0 Å². The molecule has 1 aromatic rings. The van der Waals surface area contributed by atoms with Gasteiger partial charge in [-0.2, -0.15) is 5.26 Å². The zero-order chi connectivity index (χ0) is 10.7. The summed E-state index contributed by atoms with van der Waals surface area (Å²) in [6.45, 7) is 0. The maximum absolute atomic E-state index is 12.4. The molecule has 0 atom stereocenters. The molecule has 74 valence electrons. The van der Waals surface area contributed by atoms with Gasteiger partial charge in [0.05, 0.1) is 17.3 Å². The van der Waals surface area contributed by atoms with E-state index in [9.17, 15) is 8.78 Å². The van der Waals surface area contributed by atoms with E-state index in [0.717, 1.165) is 0 Å². The Balaban J connectivity index is 3.37. The number of nitriles is 1. The fourth-order valence-corrected chi connectivity index (χ4v) is 1.13. The Kier molecular flexibility index (Phi) is 3.20. The van der Waals surface area contributed by atoms with Crippen molar-refractivity contribution < 1.29 is 8.78 Å². The highest BCUT2D eigenvalue weighted by Gasteiger charge is 2.18. The SMILES string of the molecule is N#Cc1c(N)cc(CCl)nc1C(F)F. The fourth-order valence-electron chi connectivity index (χ4n) is 0.991. The first-order chi connectivity index (χ1) is 6.60. The number of hydrogen-bond donors (Lipinski definition) is 1. The molecule has 1 rings (SSSR count). The van der Waals surface area contributed by atoms with E-state index >= 15 is 0 Å². The lowest BCUT2D eigenvalue weighted by Gasteiger charge is -2.06. The Morgan fingerprint density at radius 3 is 2.71 bits per heavy atom. The standard InChI is InChI=1S/C8H6ClF2N3/c9-2-4-1-6(13)5(3-12)7(14-4)8(10)11/h1,8H,2H2,(H2,13,14). The maximum Gasteiger partial charge on any atom is 0.281 e. The number of rotatable bonds is 2. The van der Waals surface area contributed by atoms with Crippen LogP contribution in [-0.4, -0.2) is 4.98 Å². The van der Waals surface area contributed by atoms with Crippen molar-refractivity contribution in [2.24, 2.45) is 0 Å². The van der Waals surface area contributed by atoms with Gasteiger partial charge < -0.3 is 5.73 Å². The molecule has 0 saturated heterocycles. The molecule has 2 N–H and O–H groups in total. The first-order valence-corrected chi connectivity index (χ1v) is 4.17. The van der Waals surface area contributed by atoms with Crippen LogP contribution in [0.3, 0.4) is 0 Å². The second-order valence-electron chi connectivity index (χ2n) is 2.51. The van der Waals surface area contributed by atoms with Crippen molar-refractivity contribution in [2.45, 2.75) is 12.3 Å². The van der Waals surface area contributed by atoms with Crippen LogP contribution in [0, 0.1) is 11.3 Å². The first kappa shape index (κ1) is 10.7. The normalized spacial score (nSPS) is 10.2. The van der Waals surface area contributed by atoms with Crippen LogP contribution in [0.2, 0.25) is 0 Å². The summed E-state index contributed by atoms with van der Waals surface area (Å²) in [5, 5.41) is 8.58. The topological polar surface area (TPSA) is 62.7 Å². The molecule has 0 amide bonds. The summed E-state index contributed by atoms with van der Waals surface area (Å²) in [6.07, 6.45) is -2.82. The van der Waals surface area contributed by atoms with Crippen molar-refractivity contribution in [1.29, 1.82) is 5.26 Å². The van der Waals surface area contributed by atoms with Crippen molar-refractivity contribution in [2.75, 3.05) is 5.73 Å². The van der Waals surface area contributed by atoms with E-state index in [2.05, 4.69) is 4.98 Å². The number of nitrogens with zero attached hydrogens (tertiary/aromatic N) is 2. The average Bonchev–Trinajstić information content (AvgIpc) is 2.16. The summed E-state index contributed by atoms with van der Waals surface area (Å²) >= 11 is 5.43. The number of pyridine rings is 1. The molecular formula is C8H6ClF2N3. The van der Waals surface area contributed by atoms with Crippen LogP contribution < -0.4 is 5.73 Å². The van der Waals surface area contributed by atoms with Gasteiger partial charge in [0, 0.05) is 0 Å². The second-order valence-corrected chi connectivity index (χ2v) is 2.78. The van der Waals surface area contributed by atoms with Gasteiger partial charge in [-0.25, -0.2) is 13.8 Å². The minimum Gasteiger partial charge on any atom is -0.398 e. The molecule has 0 aliphatic rings. The smallest absolute Gasteiger partial charge is 0.281 e. The zero-order valence-electron chi connectivity index (χ0n) is 6.97. The predicted molar refractivity (Wildman–Crippen MR) is 47.9 cm³/mol. The number of hydrogen-bond acceptors (Lipinski definition) is 3. The van der Waals surface area contributed by atoms with E-state index in [0.29, 0.717) is 0 Å². The Bertz CT molecular complexity index is 387. The molecule has 0 fully saturated rings. The number of aromatic nitrogens is 1. The van der Waals surface area contributed by atoms with Crippen LogP contribution in [0.15, 0.2) is 6.07 Å². The van der Waals surface area contributed by atoms with Gasteiger partial charge in [-0.15, -0.1) is 11.6 Å². The quantitative estimate of drug-likeness (QED) is 0.773. The molecule has 1 heterocycles. The highest BCUT2D eigenvalue weighted by Crippen LogP contribution is 2.25. The molecule has 0 radical (unpaired) electrons. The largest absolute Gasteiger partial charge is 0.398 e. The minimum absolute atomic E-state index is 0.0182. The van der Waals surface area contributed by atoms with Crippen LogP contribution in [-0.2, 0) is 5.88 Å². The van der Waals surface area contributed by atoms with E-state index in [1.807, 2.05) is 0 Å². The third kappa shape index (κ3) is 1.91. The molecule has 0 aliphatic carbocycles. The monoisotopic (exact) mass is 217 g/mol. The van der Waals surface area contributed by atoms with Gasteiger partial charge in [0.1, 0.15) is 17.3 Å². The molecule has 3 nitrogen and oxygen atoms in total. The van der Waals surface area contributed by atoms with Crippen LogP contribution in [0.25, 0.3) is 0 Å². The molecule has 0 bridgehead atoms. The van der Waals surface area contributed by atoms with Crippen molar-refractivity contribution >= 4 is 17.3 Å². The maximum atomic E-state index is 12.4. The van der Waals surface area contributed by atoms with E-state index < -0.39 is 12.1 Å². The summed E-state index contributed by atoms with van der Waals surface area (Å²) in [7, 11) is 0. The van der Waals surface area contributed by atoms with Crippen LogP contribution >= 0.6 is 11.6 Å². The molecule has 0 aromatic carbocycles. The summed E-state index contributed by atoms with van der Waals surface area (Å²) in [5.41, 5.74) is 4.71. The van der Waals surface area contributed by atoms with Gasteiger partial charge in [-0.05, 0) is 6.07 Å². The Morgan fingerprint density at radius 1 is 1.64 bits per heavy atom. The van der Waals surface area contributed by atoms with Crippen molar-refractivity contribution in [3.05, 3.63) is 23.0 Å². The molecule has 0 saturated carbocycles. The Hall–Kier alpha value is -1.41. The lowest BCUT2D eigenvalue weighted by atomic mass is 10.1. The van der Waals surface area contributed by atoms with E-state index in [-0.39, 0.29) is 22.8 Å². The van der Waals surface area contributed by atoms with E-state index in [4.69, 9.17) is 22.6 Å². The van der Waals surface area contributed by atoms with Gasteiger partial charge in [0.2, 0.25) is 0 Å². The van der Waals surface area contributed by atoms with E-state index in [1.54, 1.807) is 6.07 Å². The average molecular weight is 218 g/mol. The Morgan fingerprint density at radius 2 is 2.29 bits per heavy atom. The van der Waals surface area contributed by atoms with Gasteiger partial charge in [0.25, 0.3) is 6.43 Å².